The monoisotopic (exact) mass is 264 g/mol. The number of rotatable bonds is 5. The fraction of sp³-hybridized carbons (Fsp3) is 0.250. The van der Waals surface area contributed by atoms with Crippen LogP contribution in [0.25, 0.3) is 5.69 Å². The lowest BCUT2D eigenvalue weighted by Gasteiger charge is -1.99. The number of hydrogen-bond donors (Lipinski definition) is 1. The van der Waals surface area contributed by atoms with E-state index in [2.05, 4.69) is 15.6 Å². The van der Waals surface area contributed by atoms with Crippen LogP contribution >= 0.6 is 11.6 Å². The van der Waals surface area contributed by atoms with Gasteiger partial charge < -0.3 is 5.32 Å². The van der Waals surface area contributed by atoms with E-state index in [1.54, 1.807) is 4.68 Å². The summed E-state index contributed by atoms with van der Waals surface area (Å²) in [6, 6.07) is 9.74. The molecule has 1 aromatic heterocycles. The molecular weight excluding hydrogens is 252 g/mol. The third-order valence-corrected chi connectivity index (χ3v) is 2.63. The Morgan fingerprint density at radius 1 is 1.33 bits per heavy atom. The maximum absolute atomic E-state index is 10.9. The summed E-state index contributed by atoms with van der Waals surface area (Å²) in [5, 5.41) is 10.8. The third-order valence-electron chi connectivity index (χ3n) is 2.39. The molecule has 0 saturated heterocycles. The molecule has 0 saturated carbocycles. The molecule has 0 atom stereocenters. The predicted octanol–water partition coefficient (Wildman–Crippen LogP) is 1.16. The van der Waals surface area contributed by atoms with Crippen LogP contribution in [0.15, 0.2) is 36.5 Å². The molecule has 1 aromatic carbocycles. The zero-order valence-corrected chi connectivity index (χ0v) is 10.5. The summed E-state index contributed by atoms with van der Waals surface area (Å²) >= 11 is 5.37. The number of benzene rings is 1. The van der Waals surface area contributed by atoms with Gasteiger partial charge in [-0.25, -0.2) is 4.68 Å². The highest BCUT2D eigenvalue weighted by atomic mass is 35.5. The van der Waals surface area contributed by atoms with Crippen molar-refractivity contribution in [2.24, 2.45) is 0 Å². The summed E-state index contributed by atoms with van der Waals surface area (Å²) < 4.78 is 1.71. The standard InChI is InChI=1S/C12H13ClN4O/c13-8-12(18)14-7-6-10-9-17(16-15-10)11-4-2-1-3-5-11/h1-5,9H,6-8H2,(H,14,18). The maximum atomic E-state index is 10.9. The summed E-state index contributed by atoms with van der Waals surface area (Å²) in [6.45, 7) is 0.513. The first-order valence-corrected chi connectivity index (χ1v) is 6.12. The van der Waals surface area contributed by atoms with Crippen molar-refractivity contribution < 1.29 is 4.79 Å². The number of amides is 1. The third kappa shape index (κ3) is 3.30. The summed E-state index contributed by atoms with van der Waals surface area (Å²) in [5.41, 5.74) is 1.79. The Labute approximate surface area is 110 Å². The van der Waals surface area contributed by atoms with Crippen molar-refractivity contribution in [1.82, 2.24) is 20.3 Å². The van der Waals surface area contributed by atoms with Gasteiger partial charge in [-0.1, -0.05) is 23.4 Å². The van der Waals surface area contributed by atoms with Crippen molar-refractivity contribution in [3.63, 3.8) is 0 Å². The first-order valence-electron chi connectivity index (χ1n) is 5.59. The fourth-order valence-electron chi connectivity index (χ4n) is 1.50. The minimum atomic E-state index is -0.174. The molecule has 0 fully saturated rings. The smallest absolute Gasteiger partial charge is 0.234 e. The highest BCUT2D eigenvalue weighted by Gasteiger charge is 2.03. The molecule has 1 amide bonds. The molecule has 2 aromatic rings. The first-order chi connectivity index (χ1) is 8.79. The molecule has 0 aliphatic carbocycles. The number of carbonyl (C=O) groups is 1. The molecule has 5 nitrogen and oxygen atoms in total. The van der Waals surface area contributed by atoms with E-state index in [0.717, 1.165) is 11.4 Å². The first kappa shape index (κ1) is 12.6. The van der Waals surface area contributed by atoms with E-state index in [-0.39, 0.29) is 11.8 Å². The van der Waals surface area contributed by atoms with Crippen LogP contribution in [-0.2, 0) is 11.2 Å². The number of nitrogens with zero attached hydrogens (tertiary/aromatic N) is 3. The molecular formula is C12H13ClN4O. The Morgan fingerprint density at radius 2 is 2.11 bits per heavy atom. The van der Waals surface area contributed by atoms with Crippen LogP contribution in [0.4, 0.5) is 0 Å². The number of aromatic nitrogens is 3. The molecule has 0 unspecified atom stereocenters. The van der Waals surface area contributed by atoms with E-state index >= 15 is 0 Å². The van der Waals surface area contributed by atoms with Gasteiger partial charge in [-0.3, -0.25) is 4.79 Å². The zero-order valence-electron chi connectivity index (χ0n) is 9.71. The maximum Gasteiger partial charge on any atom is 0.234 e. The lowest BCUT2D eigenvalue weighted by atomic mass is 10.3. The van der Waals surface area contributed by atoms with Gasteiger partial charge in [0, 0.05) is 13.0 Å². The second kappa shape index (κ2) is 6.16. The Bertz CT molecular complexity index is 512. The molecule has 0 spiro atoms. The van der Waals surface area contributed by atoms with E-state index in [9.17, 15) is 4.79 Å². The van der Waals surface area contributed by atoms with Crippen molar-refractivity contribution in [3.05, 3.63) is 42.2 Å². The van der Waals surface area contributed by atoms with Gasteiger partial charge in [0.05, 0.1) is 17.6 Å². The number of halogens is 1. The molecule has 0 bridgehead atoms. The molecule has 0 aliphatic heterocycles. The second-order valence-corrected chi connectivity index (χ2v) is 3.99. The van der Waals surface area contributed by atoms with E-state index in [0.29, 0.717) is 13.0 Å². The minimum absolute atomic E-state index is 0.0172. The molecule has 1 N–H and O–H groups in total. The lowest BCUT2D eigenvalue weighted by molar-refractivity contribution is -0.118. The molecule has 6 heteroatoms. The topological polar surface area (TPSA) is 59.8 Å². The van der Waals surface area contributed by atoms with Crippen LogP contribution in [0.1, 0.15) is 5.69 Å². The summed E-state index contributed by atoms with van der Waals surface area (Å²) in [7, 11) is 0. The van der Waals surface area contributed by atoms with Gasteiger partial charge >= 0.3 is 0 Å². The average molecular weight is 265 g/mol. The number of alkyl halides is 1. The van der Waals surface area contributed by atoms with Gasteiger partial charge in [-0.15, -0.1) is 16.7 Å². The average Bonchev–Trinajstić information content (AvgIpc) is 2.88. The molecule has 94 valence electrons. The van der Waals surface area contributed by atoms with E-state index in [4.69, 9.17) is 11.6 Å². The largest absolute Gasteiger partial charge is 0.355 e. The Balaban J connectivity index is 1.93. The van der Waals surface area contributed by atoms with Gasteiger partial charge in [-0.2, -0.15) is 0 Å². The molecule has 0 aliphatic rings. The van der Waals surface area contributed by atoms with Crippen LogP contribution in [-0.4, -0.2) is 33.3 Å². The van der Waals surface area contributed by atoms with Crippen molar-refractivity contribution >= 4 is 17.5 Å². The van der Waals surface area contributed by atoms with Crippen LogP contribution in [0, 0.1) is 0 Å². The van der Waals surface area contributed by atoms with Gasteiger partial charge in [0.15, 0.2) is 0 Å². The van der Waals surface area contributed by atoms with E-state index in [1.165, 1.54) is 0 Å². The van der Waals surface area contributed by atoms with Crippen LogP contribution in [0.5, 0.6) is 0 Å². The summed E-state index contributed by atoms with van der Waals surface area (Å²) in [5.74, 6) is -0.191. The highest BCUT2D eigenvalue weighted by molar-refractivity contribution is 6.27. The highest BCUT2D eigenvalue weighted by Crippen LogP contribution is 2.05. The SMILES string of the molecule is O=C(CCl)NCCc1cn(-c2ccccc2)nn1. The van der Waals surface area contributed by atoms with Crippen molar-refractivity contribution in [2.45, 2.75) is 6.42 Å². The van der Waals surface area contributed by atoms with Crippen molar-refractivity contribution in [2.75, 3.05) is 12.4 Å². The number of nitrogens with one attached hydrogen (secondary N) is 1. The molecule has 0 radical (unpaired) electrons. The van der Waals surface area contributed by atoms with Gasteiger partial charge in [0.25, 0.3) is 0 Å². The number of carbonyl (C=O) groups excluding carboxylic acids is 1. The van der Waals surface area contributed by atoms with Crippen LogP contribution < -0.4 is 5.32 Å². The quantitative estimate of drug-likeness (QED) is 0.825. The van der Waals surface area contributed by atoms with Gasteiger partial charge in [0.2, 0.25) is 5.91 Å². The fourth-order valence-corrected chi connectivity index (χ4v) is 1.59. The molecule has 1 heterocycles. The Hall–Kier alpha value is -1.88. The van der Waals surface area contributed by atoms with E-state index < -0.39 is 0 Å². The van der Waals surface area contributed by atoms with Crippen LogP contribution in [0.2, 0.25) is 0 Å². The lowest BCUT2D eigenvalue weighted by Crippen LogP contribution is -2.26. The second-order valence-electron chi connectivity index (χ2n) is 3.72. The summed E-state index contributed by atoms with van der Waals surface area (Å²) in [6.07, 6.45) is 2.48. The number of para-hydroxylation sites is 1. The van der Waals surface area contributed by atoms with Crippen LogP contribution in [0.3, 0.4) is 0 Å². The van der Waals surface area contributed by atoms with Crippen molar-refractivity contribution in [1.29, 1.82) is 0 Å². The van der Waals surface area contributed by atoms with E-state index in [1.807, 2.05) is 36.5 Å². The summed E-state index contributed by atoms with van der Waals surface area (Å²) in [4.78, 5) is 10.9. The molecule has 2 rings (SSSR count). The minimum Gasteiger partial charge on any atom is -0.355 e. The van der Waals surface area contributed by atoms with Gasteiger partial charge in [0.1, 0.15) is 5.88 Å². The predicted molar refractivity (Wildman–Crippen MR) is 68.8 cm³/mol. The normalized spacial score (nSPS) is 10.3. The van der Waals surface area contributed by atoms with Crippen molar-refractivity contribution in [3.8, 4) is 5.69 Å². The zero-order chi connectivity index (χ0) is 12.8. The Morgan fingerprint density at radius 3 is 2.83 bits per heavy atom. The number of hydrogen-bond acceptors (Lipinski definition) is 3. The van der Waals surface area contributed by atoms with Gasteiger partial charge in [-0.05, 0) is 12.1 Å². The Kier molecular flexibility index (Phi) is 4.30. The molecule has 18 heavy (non-hydrogen) atoms.